The van der Waals surface area contributed by atoms with E-state index in [1.54, 1.807) is 6.07 Å². The number of amides is 1. The van der Waals surface area contributed by atoms with Gasteiger partial charge in [-0.15, -0.1) is 0 Å². The quantitative estimate of drug-likeness (QED) is 0.801. The molecule has 0 radical (unpaired) electrons. The highest BCUT2D eigenvalue weighted by atomic mass is 16.4. The van der Waals surface area contributed by atoms with E-state index < -0.39 is 5.97 Å². The van der Waals surface area contributed by atoms with Crippen molar-refractivity contribution in [1.29, 1.82) is 0 Å². The van der Waals surface area contributed by atoms with Gasteiger partial charge in [-0.2, -0.15) is 0 Å². The van der Waals surface area contributed by atoms with Gasteiger partial charge in [0.25, 0.3) is 5.91 Å². The number of carbonyl (C=O) groups excluding carboxylic acids is 1. The number of benzene rings is 1. The molecule has 0 fully saturated rings. The molecular formula is C15H22N2O3. The number of nitrogens with zero attached hydrogens (tertiary/aromatic N) is 1. The molecule has 0 aliphatic heterocycles. The van der Waals surface area contributed by atoms with Crippen LogP contribution in [0.25, 0.3) is 0 Å². The van der Waals surface area contributed by atoms with Gasteiger partial charge in [-0.25, -0.2) is 0 Å². The standard InChI is InChI=1S/C15H22N2O3/c1-11(6-4-9-14(18)19)16-15(20)12-7-5-8-13(10-12)17(2)3/h5,7-8,10-11H,4,6,9H2,1-3H3,(H,16,20)(H,18,19). The first-order chi connectivity index (χ1) is 9.40. The molecule has 2 N–H and O–H groups in total. The monoisotopic (exact) mass is 278 g/mol. The van der Waals surface area contributed by atoms with Gasteiger partial charge in [0, 0.05) is 37.8 Å². The minimum absolute atomic E-state index is 0.0372. The first-order valence-corrected chi connectivity index (χ1v) is 6.70. The molecule has 5 heteroatoms. The van der Waals surface area contributed by atoms with Gasteiger partial charge in [0.05, 0.1) is 0 Å². The number of aliphatic carboxylic acids is 1. The Morgan fingerprint density at radius 3 is 2.65 bits per heavy atom. The molecule has 110 valence electrons. The fourth-order valence-electron chi connectivity index (χ4n) is 1.86. The third kappa shape index (κ3) is 5.30. The van der Waals surface area contributed by atoms with Crippen LogP contribution in [-0.4, -0.2) is 37.1 Å². The second-order valence-electron chi connectivity index (χ2n) is 5.11. The number of carboxylic acid groups (broad SMARTS) is 1. The zero-order chi connectivity index (χ0) is 15.1. The number of carbonyl (C=O) groups is 2. The van der Waals surface area contributed by atoms with E-state index in [0.717, 1.165) is 5.69 Å². The minimum atomic E-state index is -0.804. The average molecular weight is 278 g/mol. The summed E-state index contributed by atoms with van der Waals surface area (Å²) in [6, 6.07) is 7.35. The Bertz CT molecular complexity index is 472. The van der Waals surface area contributed by atoms with Crippen LogP contribution in [0.4, 0.5) is 5.69 Å². The van der Waals surface area contributed by atoms with E-state index in [-0.39, 0.29) is 18.4 Å². The van der Waals surface area contributed by atoms with Gasteiger partial charge in [-0.05, 0) is 38.0 Å². The largest absolute Gasteiger partial charge is 0.481 e. The van der Waals surface area contributed by atoms with E-state index in [2.05, 4.69) is 5.32 Å². The summed E-state index contributed by atoms with van der Waals surface area (Å²) >= 11 is 0. The molecule has 0 aromatic heterocycles. The van der Waals surface area contributed by atoms with E-state index in [4.69, 9.17) is 5.11 Å². The van der Waals surface area contributed by atoms with Crippen LogP contribution >= 0.6 is 0 Å². The van der Waals surface area contributed by atoms with Crippen molar-refractivity contribution in [2.45, 2.75) is 32.2 Å². The fraction of sp³-hybridized carbons (Fsp3) is 0.467. The highest BCUT2D eigenvalue weighted by molar-refractivity contribution is 5.95. The van der Waals surface area contributed by atoms with Crippen LogP contribution in [0.1, 0.15) is 36.5 Å². The van der Waals surface area contributed by atoms with Gasteiger partial charge < -0.3 is 15.3 Å². The second-order valence-corrected chi connectivity index (χ2v) is 5.11. The highest BCUT2D eigenvalue weighted by Gasteiger charge is 2.11. The van der Waals surface area contributed by atoms with Crippen molar-refractivity contribution in [1.82, 2.24) is 5.32 Å². The Morgan fingerprint density at radius 2 is 2.05 bits per heavy atom. The van der Waals surface area contributed by atoms with Crippen LogP contribution in [0.3, 0.4) is 0 Å². The maximum Gasteiger partial charge on any atom is 0.303 e. The van der Waals surface area contributed by atoms with Crippen molar-refractivity contribution < 1.29 is 14.7 Å². The van der Waals surface area contributed by atoms with Crippen molar-refractivity contribution in [2.24, 2.45) is 0 Å². The van der Waals surface area contributed by atoms with E-state index >= 15 is 0 Å². The molecule has 20 heavy (non-hydrogen) atoms. The number of hydrogen-bond acceptors (Lipinski definition) is 3. The summed E-state index contributed by atoms with van der Waals surface area (Å²) in [7, 11) is 3.84. The lowest BCUT2D eigenvalue weighted by Gasteiger charge is -2.16. The summed E-state index contributed by atoms with van der Waals surface area (Å²) in [5, 5.41) is 11.5. The molecule has 0 spiro atoms. The Labute approximate surface area is 119 Å². The lowest BCUT2D eigenvalue weighted by molar-refractivity contribution is -0.137. The molecule has 0 aliphatic carbocycles. The molecule has 0 saturated heterocycles. The zero-order valence-corrected chi connectivity index (χ0v) is 12.2. The summed E-state index contributed by atoms with van der Waals surface area (Å²) in [6.07, 6.45) is 1.36. The number of hydrogen-bond donors (Lipinski definition) is 2. The van der Waals surface area contributed by atoms with Crippen LogP contribution < -0.4 is 10.2 Å². The van der Waals surface area contributed by atoms with Gasteiger partial charge in [0.15, 0.2) is 0 Å². The van der Waals surface area contributed by atoms with Gasteiger partial charge in [-0.1, -0.05) is 6.07 Å². The third-order valence-electron chi connectivity index (χ3n) is 3.03. The summed E-state index contributed by atoms with van der Waals surface area (Å²) in [5.41, 5.74) is 1.58. The molecule has 1 aromatic carbocycles. The molecule has 0 heterocycles. The molecule has 5 nitrogen and oxygen atoms in total. The molecule has 0 aliphatic rings. The smallest absolute Gasteiger partial charge is 0.303 e. The summed E-state index contributed by atoms with van der Waals surface area (Å²) in [5.74, 6) is -0.932. The van der Waals surface area contributed by atoms with E-state index in [1.165, 1.54) is 0 Å². The van der Waals surface area contributed by atoms with E-state index in [9.17, 15) is 9.59 Å². The maximum atomic E-state index is 12.1. The second kappa shape index (κ2) is 7.53. The van der Waals surface area contributed by atoms with Gasteiger partial charge in [0.1, 0.15) is 0 Å². The molecule has 1 unspecified atom stereocenters. The topological polar surface area (TPSA) is 69.6 Å². The number of rotatable bonds is 7. The predicted octanol–water partition coefficient (Wildman–Crippen LogP) is 2.13. The Balaban J connectivity index is 2.53. The molecule has 0 saturated carbocycles. The molecule has 1 rings (SSSR count). The van der Waals surface area contributed by atoms with Crippen molar-refractivity contribution in [3.05, 3.63) is 29.8 Å². The summed E-state index contributed by atoms with van der Waals surface area (Å²) < 4.78 is 0. The maximum absolute atomic E-state index is 12.1. The zero-order valence-electron chi connectivity index (χ0n) is 12.2. The Hall–Kier alpha value is -2.04. The van der Waals surface area contributed by atoms with Gasteiger partial charge in [-0.3, -0.25) is 9.59 Å². The average Bonchev–Trinajstić information content (AvgIpc) is 2.38. The van der Waals surface area contributed by atoms with Gasteiger partial charge >= 0.3 is 5.97 Å². The van der Waals surface area contributed by atoms with Crippen LogP contribution in [0.2, 0.25) is 0 Å². The number of anilines is 1. The van der Waals surface area contributed by atoms with E-state index in [0.29, 0.717) is 18.4 Å². The number of carboxylic acids is 1. The molecule has 1 aromatic rings. The van der Waals surface area contributed by atoms with Crippen molar-refractivity contribution >= 4 is 17.6 Å². The van der Waals surface area contributed by atoms with Crippen molar-refractivity contribution in [3.8, 4) is 0 Å². The van der Waals surface area contributed by atoms with Crippen molar-refractivity contribution in [3.63, 3.8) is 0 Å². The van der Waals surface area contributed by atoms with Gasteiger partial charge in [0.2, 0.25) is 0 Å². The molecular weight excluding hydrogens is 256 g/mol. The van der Waals surface area contributed by atoms with Crippen LogP contribution in [0.5, 0.6) is 0 Å². The first-order valence-electron chi connectivity index (χ1n) is 6.70. The van der Waals surface area contributed by atoms with Crippen LogP contribution in [-0.2, 0) is 4.79 Å². The normalized spacial score (nSPS) is 11.8. The van der Waals surface area contributed by atoms with E-state index in [1.807, 2.05) is 44.1 Å². The summed E-state index contributed by atoms with van der Waals surface area (Å²) in [6.45, 7) is 1.88. The molecule has 1 atom stereocenters. The van der Waals surface area contributed by atoms with Crippen LogP contribution in [0, 0.1) is 0 Å². The minimum Gasteiger partial charge on any atom is -0.481 e. The Kier molecular flexibility index (Phi) is 6.03. The lowest BCUT2D eigenvalue weighted by atomic mass is 10.1. The fourth-order valence-corrected chi connectivity index (χ4v) is 1.86. The third-order valence-corrected chi connectivity index (χ3v) is 3.03. The summed E-state index contributed by atoms with van der Waals surface area (Å²) in [4.78, 5) is 24.5. The SMILES string of the molecule is CC(CCCC(=O)O)NC(=O)c1cccc(N(C)C)c1. The molecule has 0 bridgehead atoms. The van der Waals surface area contributed by atoms with Crippen molar-refractivity contribution in [2.75, 3.05) is 19.0 Å². The number of nitrogens with one attached hydrogen (secondary N) is 1. The highest BCUT2D eigenvalue weighted by Crippen LogP contribution is 2.13. The predicted molar refractivity (Wildman–Crippen MR) is 79.2 cm³/mol. The molecule has 1 amide bonds. The first kappa shape index (κ1) is 16.0. The van der Waals surface area contributed by atoms with Crippen LogP contribution in [0.15, 0.2) is 24.3 Å². The lowest BCUT2D eigenvalue weighted by Crippen LogP contribution is -2.32. The Morgan fingerprint density at radius 1 is 1.35 bits per heavy atom.